The average molecular weight is 513 g/mol. The molecule has 1 fully saturated rings. The molecule has 1 saturated heterocycles. The van der Waals surface area contributed by atoms with Gasteiger partial charge < -0.3 is 38.7 Å². The monoisotopic (exact) mass is 512 g/mol. The topological polar surface area (TPSA) is 165 Å². The van der Waals surface area contributed by atoms with Gasteiger partial charge in [0.1, 0.15) is 31.7 Å². The zero-order valence-electron chi connectivity index (χ0n) is 21.0. The Hall–Kier alpha value is -3.25. The number of ether oxygens (including phenoxy) is 4. The van der Waals surface area contributed by atoms with E-state index in [0.29, 0.717) is 30.1 Å². The molecule has 0 bridgehead atoms. The Morgan fingerprint density at radius 3 is 1.78 bits per heavy atom. The molecule has 0 aliphatic carbocycles. The molecule has 1 aliphatic heterocycles. The van der Waals surface area contributed by atoms with Crippen LogP contribution in [0.2, 0.25) is 0 Å². The Balaban J connectivity index is 0.000000516. The second-order valence-corrected chi connectivity index (χ2v) is 8.10. The summed E-state index contributed by atoms with van der Waals surface area (Å²) in [6, 6.07) is 3.48. The number of hydrogen-bond donors (Lipinski definition) is 3. The number of aliphatic hydroxyl groups is 3. The van der Waals surface area contributed by atoms with E-state index in [1.807, 2.05) is 0 Å². The number of furan rings is 1. The maximum atomic E-state index is 11.0. The van der Waals surface area contributed by atoms with Crippen LogP contribution < -0.4 is 0 Å². The summed E-state index contributed by atoms with van der Waals surface area (Å²) in [7, 11) is 0. The predicted molar refractivity (Wildman–Crippen MR) is 128 cm³/mol. The number of hydrogen-bond acceptors (Lipinski definition) is 11. The minimum atomic E-state index is -1.18. The van der Waals surface area contributed by atoms with Crippen molar-refractivity contribution in [2.75, 3.05) is 39.6 Å². The summed E-state index contributed by atoms with van der Waals surface area (Å²) >= 11 is 0. The number of carbonyl (C=O) groups excluding carboxylic acids is 3. The molecular formula is C25H36O11. The van der Waals surface area contributed by atoms with E-state index in [1.54, 1.807) is 26.0 Å². The Bertz CT molecular complexity index is 854. The number of aliphatic hydroxyl groups excluding tert-OH is 3. The van der Waals surface area contributed by atoms with Gasteiger partial charge in [-0.3, -0.25) is 0 Å². The highest BCUT2D eigenvalue weighted by Gasteiger charge is 2.30. The molecule has 3 N–H and O–H groups in total. The van der Waals surface area contributed by atoms with Gasteiger partial charge in [-0.25, -0.2) is 14.4 Å². The lowest BCUT2D eigenvalue weighted by Crippen LogP contribution is -2.39. The summed E-state index contributed by atoms with van der Waals surface area (Å²) in [5, 5.41) is 26.7. The second-order valence-electron chi connectivity index (χ2n) is 8.10. The van der Waals surface area contributed by atoms with E-state index in [0.717, 1.165) is 0 Å². The molecule has 1 aliphatic rings. The highest BCUT2D eigenvalue weighted by molar-refractivity contribution is 5.87. The summed E-state index contributed by atoms with van der Waals surface area (Å²) in [4.78, 5) is 32.5. The summed E-state index contributed by atoms with van der Waals surface area (Å²) in [6.07, 6.45) is 1.67. The van der Waals surface area contributed by atoms with E-state index in [-0.39, 0.29) is 30.9 Å². The molecule has 1 aromatic heterocycles. The fourth-order valence-electron chi connectivity index (χ4n) is 1.74. The van der Waals surface area contributed by atoms with Crippen molar-refractivity contribution in [3.63, 3.8) is 0 Å². The molecule has 0 radical (unpaired) electrons. The normalized spacial score (nSPS) is 13.6. The average Bonchev–Trinajstić information content (AvgIpc) is 3.54. The molecule has 0 saturated carbocycles. The van der Waals surface area contributed by atoms with Gasteiger partial charge in [-0.1, -0.05) is 19.7 Å². The largest absolute Gasteiger partial charge is 0.466 e. The van der Waals surface area contributed by atoms with Crippen LogP contribution in [0.5, 0.6) is 0 Å². The number of epoxide rings is 1. The molecule has 1 unspecified atom stereocenters. The van der Waals surface area contributed by atoms with E-state index in [9.17, 15) is 14.4 Å². The van der Waals surface area contributed by atoms with Crippen LogP contribution in [0.25, 0.3) is 0 Å². The van der Waals surface area contributed by atoms with Crippen molar-refractivity contribution in [2.45, 2.75) is 33.5 Å². The minimum Gasteiger partial charge on any atom is -0.466 e. The van der Waals surface area contributed by atoms with E-state index in [2.05, 4.69) is 19.7 Å². The first kappa shape index (κ1) is 32.8. The van der Waals surface area contributed by atoms with Crippen LogP contribution in [-0.4, -0.2) is 79.0 Å². The summed E-state index contributed by atoms with van der Waals surface area (Å²) in [5.74, 6) is -0.712. The van der Waals surface area contributed by atoms with Crippen LogP contribution in [0.3, 0.4) is 0 Å². The molecule has 1 aromatic rings. The van der Waals surface area contributed by atoms with Gasteiger partial charge in [-0.05, 0) is 32.9 Å². The smallest absolute Gasteiger partial charge is 0.333 e. The fourth-order valence-corrected chi connectivity index (χ4v) is 1.74. The van der Waals surface area contributed by atoms with Crippen molar-refractivity contribution in [3.8, 4) is 0 Å². The van der Waals surface area contributed by atoms with Crippen LogP contribution in [0.1, 0.15) is 26.5 Å². The van der Waals surface area contributed by atoms with Crippen LogP contribution in [0.15, 0.2) is 59.3 Å². The third kappa shape index (κ3) is 14.2. The Morgan fingerprint density at radius 1 is 0.917 bits per heavy atom. The van der Waals surface area contributed by atoms with Gasteiger partial charge in [0.2, 0.25) is 0 Å². The zero-order valence-corrected chi connectivity index (χ0v) is 21.0. The number of rotatable bonds is 12. The van der Waals surface area contributed by atoms with Gasteiger partial charge in [-0.2, -0.15) is 0 Å². The van der Waals surface area contributed by atoms with E-state index >= 15 is 0 Å². The highest BCUT2D eigenvalue weighted by atomic mass is 16.6. The lowest BCUT2D eigenvalue weighted by Gasteiger charge is -2.26. The van der Waals surface area contributed by atoms with Crippen molar-refractivity contribution < 1.29 is 53.1 Å². The molecule has 0 aromatic carbocycles. The van der Waals surface area contributed by atoms with Crippen molar-refractivity contribution >= 4 is 17.9 Å². The van der Waals surface area contributed by atoms with Crippen molar-refractivity contribution in [3.05, 3.63) is 60.6 Å². The maximum Gasteiger partial charge on any atom is 0.333 e. The molecule has 2 heterocycles. The van der Waals surface area contributed by atoms with Gasteiger partial charge >= 0.3 is 17.9 Å². The summed E-state index contributed by atoms with van der Waals surface area (Å²) in [6.45, 7) is 14.6. The number of carbonyl (C=O) groups is 3. The quantitative estimate of drug-likeness (QED) is 0.161. The third-order valence-electron chi connectivity index (χ3n) is 4.29. The first-order chi connectivity index (χ1) is 16.9. The Kier molecular flexibility index (Phi) is 15.7. The molecule has 2 rings (SSSR count). The molecule has 202 valence electrons. The van der Waals surface area contributed by atoms with E-state index in [4.69, 9.17) is 38.7 Å². The molecule has 11 heteroatoms. The van der Waals surface area contributed by atoms with Gasteiger partial charge in [0.15, 0.2) is 0 Å². The fraction of sp³-hybridized carbons (Fsp3) is 0.480. The van der Waals surface area contributed by atoms with Crippen LogP contribution in [-0.2, 0) is 39.9 Å². The molecule has 0 amide bonds. The van der Waals surface area contributed by atoms with E-state index in [1.165, 1.54) is 13.2 Å². The van der Waals surface area contributed by atoms with Crippen molar-refractivity contribution in [2.24, 2.45) is 5.41 Å². The van der Waals surface area contributed by atoms with Crippen LogP contribution in [0, 0.1) is 5.41 Å². The van der Waals surface area contributed by atoms with Gasteiger partial charge in [0.25, 0.3) is 0 Å². The first-order valence-corrected chi connectivity index (χ1v) is 10.9. The molecule has 36 heavy (non-hydrogen) atoms. The standard InChI is InChI=1S/C9H16O5.C9H10O3.C7H10O3/c1-7(2)8(13)14-6-9(3-10,4-11)5-12;1-7(2)9(10)12-6-8-4-3-5-11-8;1-5(2)7(8)10-4-6-3-9-6/h10-12H,1,3-6H2,2H3;3-5H,1,6H2,2H3;6H,1,3-4H2,2H3. The molecule has 0 spiro atoms. The lowest BCUT2D eigenvalue weighted by atomic mass is 9.93. The van der Waals surface area contributed by atoms with Gasteiger partial charge in [0, 0.05) is 16.7 Å². The Morgan fingerprint density at radius 2 is 1.39 bits per heavy atom. The van der Waals surface area contributed by atoms with Crippen molar-refractivity contribution in [1.82, 2.24) is 0 Å². The molecule has 11 nitrogen and oxygen atoms in total. The third-order valence-corrected chi connectivity index (χ3v) is 4.29. The van der Waals surface area contributed by atoms with Gasteiger partial charge in [-0.15, -0.1) is 0 Å². The van der Waals surface area contributed by atoms with E-state index < -0.39 is 37.2 Å². The van der Waals surface area contributed by atoms with Crippen LogP contribution in [0.4, 0.5) is 0 Å². The minimum absolute atomic E-state index is 0.142. The second kappa shape index (κ2) is 17.2. The number of esters is 3. The summed E-state index contributed by atoms with van der Waals surface area (Å²) < 4.78 is 24.1. The maximum absolute atomic E-state index is 11.0. The lowest BCUT2D eigenvalue weighted by molar-refractivity contribution is -0.146. The first-order valence-electron chi connectivity index (χ1n) is 10.9. The summed E-state index contributed by atoms with van der Waals surface area (Å²) in [5.41, 5.74) is -0.125. The molecule has 1 atom stereocenters. The van der Waals surface area contributed by atoms with Gasteiger partial charge in [0.05, 0.1) is 38.1 Å². The van der Waals surface area contributed by atoms with Crippen molar-refractivity contribution in [1.29, 1.82) is 0 Å². The molecular weight excluding hydrogens is 476 g/mol. The van der Waals surface area contributed by atoms with Crippen LogP contribution >= 0.6 is 0 Å². The highest BCUT2D eigenvalue weighted by Crippen LogP contribution is 2.15. The SMILES string of the molecule is C=C(C)C(=O)OCC(CO)(CO)CO.C=C(C)C(=O)OCC1CO1.C=C(C)C(=O)OCc1ccco1. The predicted octanol–water partition coefficient (Wildman–Crippen LogP) is 1.47. The Labute approximate surface area is 210 Å². The zero-order chi connectivity index (χ0) is 27.7.